The summed E-state index contributed by atoms with van der Waals surface area (Å²) in [5.74, 6) is -0.174. The fourth-order valence-corrected chi connectivity index (χ4v) is 5.28. The quantitative estimate of drug-likeness (QED) is 0.466. The SMILES string of the molecule is Cc1oc(=O)oc1CN(C)CC(=O)NC1CNCCC2CCC(C(N)=O)N2C1=O.c1ccc2c(c1)CCCO2. The van der Waals surface area contributed by atoms with Crippen molar-refractivity contribution in [3.63, 3.8) is 0 Å². The van der Waals surface area contributed by atoms with Crippen LogP contribution in [0.2, 0.25) is 0 Å². The second-order valence-electron chi connectivity index (χ2n) is 10.2. The van der Waals surface area contributed by atoms with Crippen LogP contribution in [0.25, 0.3) is 0 Å². The van der Waals surface area contributed by atoms with E-state index < -0.39 is 23.8 Å². The summed E-state index contributed by atoms with van der Waals surface area (Å²) in [6.45, 7) is 3.65. The van der Waals surface area contributed by atoms with Crippen molar-refractivity contribution in [3.8, 4) is 5.75 Å². The number of primary amides is 1. The third-order valence-electron chi connectivity index (χ3n) is 7.20. The second-order valence-corrected chi connectivity index (χ2v) is 10.2. The number of hydrogen-bond acceptors (Lipinski definition) is 9. The maximum Gasteiger partial charge on any atom is 0.519 e. The van der Waals surface area contributed by atoms with E-state index in [9.17, 15) is 19.2 Å². The molecule has 3 atom stereocenters. The van der Waals surface area contributed by atoms with Gasteiger partial charge in [-0.15, -0.1) is 0 Å². The molecule has 3 aliphatic heterocycles. The van der Waals surface area contributed by atoms with Gasteiger partial charge in [-0.25, -0.2) is 4.79 Å². The van der Waals surface area contributed by atoms with Crippen molar-refractivity contribution < 1.29 is 28.0 Å². The topological polar surface area (TPSA) is 160 Å². The summed E-state index contributed by atoms with van der Waals surface area (Å²) in [6, 6.07) is 6.79. The Kier molecular flexibility index (Phi) is 9.41. The van der Waals surface area contributed by atoms with Crippen LogP contribution in [0.15, 0.2) is 37.9 Å². The van der Waals surface area contributed by atoms with Crippen LogP contribution in [0, 0.1) is 6.92 Å². The highest BCUT2D eigenvalue weighted by atomic mass is 16.6. The maximum atomic E-state index is 13.0. The molecule has 0 aliphatic carbocycles. The molecule has 3 amide bonds. The van der Waals surface area contributed by atoms with E-state index in [1.807, 2.05) is 12.1 Å². The number of nitrogens with one attached hydrogen (secondary N) is 2. The molecule has 2 saturated heterocycles. The van der Waals surface area contributed by atoms with Crippen molar-refractivity contribution in [1.82, 2.24) is 20.4 Å². The molecule has 39 heavy (non-hydrogen) atoms. The number of benzene rings is 1. The summed E-state index contributed by atoms with van der Waals surface area (Å²) in [7, 11) is 1.68. The third kappa shape index (κ3) is 7.27. The van der Waals surface area contributed by atoms with Gasteiger partial charge < -0.3 is 34.8 Å². The molecule has 0 saturated carbocycles. The zero-order valence-electron chi connectivity index (χ0n) is 22.4. The fraction of sp³-hybridized carbons (Fsp3) is 0.556. The highest BCUT2D eigenvalue weighted by Crippen LogP contribution is 2.28. The van der Waals surface area contributed by atoms with E-state index in [0.29, 0.717) is 24.5 Å². The van der Waals surface area contributed by atoms with Gasteiger partial charge in [-0.05, 0) is 64.3 Å². The molecule has 4 N–H and O–H groups in total. The summed E-state index contributed by atoms with van der Waals surface area (Å²) in [5.41, 5.74) is 6.83. The first-order chi connectivity index (χ1) is 18.7. The van der Waals surface area contributed by atoms with E-state index in [1.54, 1.807) is 23.8 Å². The number of rotatable bonds is 6. The number of carbonyl (C=O) groups is 3. The Bertz CT molecular complexity index is 1200. The maximum absolute atomic E-state index is 13.0. The minimum Gasteiger partial charge on any atom is -0.493 e. The smallest absolute Gasteiger partial charge is 0.493 e. The van der Waals surface area contributed by atoms with Gasteiger partial charge in [0, 0.05) is 12.6 Å². The van der Waals surface area contributed by atoms with Gasteiger partial charge in [-0.1, -0.05) is 18.2 Å². The predicted octanol–water partition coefficient (Wildman–Crippen LogP) is 0.308. The predicted molar refractivity (Wildman–Crippen MR) is 141 cm³/mol. The van der Waals surface area contributed by atoms with Crippen molar-refractivity contribution in [2.75, 3.05) is 33.3 Å². The lowest BCUT2D eigenvalue weighted by molar-refractivity contribution is -0.143. The van der Waals surface area contributed by atoms with E-state index in [-0.39, 0.29) is 37.5 Å². The number of nitrogens with two attached hydrogens (primary N) is 1. The number of ether oxygens (including phenoxy) is 1. The first-order valence-corrected chi connectivity index (χ1v) is 13.3. The van der Waals surface area contributed by atoms with E-state index in [2.05, 4.69) is 22.8 Å². The van der Waals surface area contributed by atoms with Gasteiger partial charge in [0.05, 0.1) is 19.7 Å². The molecule has 2 aromatic rings. The van der Waals surface area contributed by atoms with Gasteiger partial charge >= 0.3 is 5.82 Å². The van der Waals surface area contributed by atoms with Crippen LogP contribution >= 0.6 is 0 Å². The Morgan fingerprint density at radius 3 is 2.69 bits per heavy atom. The molecular formula is C27H37N5O7. The Hall–Kier alpha value is -3.64. The lowest BCUT2D eigenvalue weighted by Gasteiger charge is -2.35. The van der Waals surface area contributed by atoms with Gasteiger partial charge in [0.15, 0.2) is 5.76 Å². The molecule has 0 radical (unpaired) electrons. The number of hydrogen-bond donors (Lipinski definition) is 3. The third-order valence-corrected chi connectivity index (χ3v) is 7.20. The molecule has 12 heteroatoms. The summed E-state index contributed by atoms with van der Waals surface area (Å²) in [6.07, 6.45) is 4.35. The summed E-state index contributed by atoms with van der Waals surface area (Å²) < 4.78 is 15.2. The highest BCUT2D eigenvalue weighted by Gasteiger charge is 2.43. The number of amides is 3. The lowest BCUT2D eigenvalue weighted by atomic mass is 10.1. The Balaban J connectivity index is 0.000000292. The number of para-hydroxylation sites is 1. The van der Waals surface area contributed by atoms with Crippen LogP contribution < -0.4 is 26.9 Å². The normalized spacial score (nSPS) is 22.5. The average molecular weight is 544 g/mol. The van der Waals surface area contributed by atoms with E-state index in [1.165, 1.54) is 12.0 Å². The molecule has 3 aliphatic rings. The molecule has 4 heterocycles. The van der Waals surface area contributed by atoms with Crippen LogP contribution in [-0.2, 0) is 27.3 Å². The molecule has 0 spiro atoms. The molecule has 5 rings (SSSR count). The molecule has 212 valence electrons. The highest BCUT2D eigenvalue weighted by molar-refractivity contribution is 5.93. The number of aryl methyl sites for hydroxylation is 2. The molecule has 0 bridgehead atoms. The first-order valence-electron chi connectivity index (χ1n) is 13.3. The van der Waals surface area contributed by atoms with Crippen molar-refractivity contribution >= 4 is 17.7 Å². The second kappa shape index (κ2) is 12.9. The fourth-order valence-electron chi connectivity index (χ4n) is 5.28. The molecular weight excluding hydrogens is 506 g/mol. The monoisotopic (exact) mass is 543 g/mol. The van der Waals surface area contributed by atoms with E-state index in [4.69, 9.17) is 19.3 Å². The summed E-state index contributed by atoms with van der Waals surface area (Å²) in [5, 5.41) is 5.92. The van der Waals surface area contributed by atoms with E-state index in [0.717, 1.165) is 31.6 Å². The summed E-state index contributed by atoms with van der Waals surface area (Å²) in [4.78, 5) is 51.6. The Morgan fingerprint density at radius 1 is 1.18 bits per heavy atom. The molecule has 1 aromatic carbocycles. The van der Waals surface area contributed by atoms with Crippen molar-refractivity contribution in [1.29, 1.82) is 0 Å². The molecule has 12 nitrogen and oxygen atoms in total. The van der Waals surface area contributed by atoms with Gasteiger partial charge in [0.25, 0.3) is 0 Å². The zero-order chi connectivity index (χ0) is 27.9. The first kappa shape index (κ1) is 28.4. The lowest BCUT2D eigenvalue weighted by Crippen LogP contribution is -2.60. The van der Waals surface area contributed by atoms with E-state index >= 15 is 0 Å². The average Bonchev–Trinajstić information content (AvgIpc) is 3.46. The van der Waals surface area contributed by atoms with Crippen LogP contribution in [0.3, 0.4) is 0 Å². The van der Waals surface area contributed by atoms with Gasteiger partial charge in [0.2, 0.25) is 17.7 Å². The van der Waals surface area contributed by atoms with Crippen LogP contribution in [0.4, 0.5) is 0 Å². The van der Waals surface area contributed by atoms with Gasteiger partial charge in [-0.2, -0.15) is 0 Å². The minimum atomic E-state index is -0.786. The van der Waals surface area contributed by atoms with Crippen molar-refractivity contribution in [3.05, 3.63) is 52.0 Å². The Morgan fingerprint density at radius 2 is 1.97 bits per heavy atom. The standard InChI is InChI=1S/C18H27N5O6.C9H10O/c1-10-14(29-18(27)28-10)8-22(2)9-15(24)21-12-7-20-6-5-11-3-4-13(16(19)25)23(11)17(12)26;1-2-6-9-8(4-1)5-3-7-10-9/h11-13,20H,3-9H2,1-2H3,(H2,19,25)(H,21,24);1-2,4,6H,3,5,7H2. The number of carbonyl (C=O) groups excluding carboxylic acids is 3. The van der Waals surface area contributed by atoms with Gasteiger partial charge in [-0.3, -0.25) is 19.3 Å². The molecule has 2 fully saturated rings. The van der Waals surface area contributed by atoms with Crippen LogP contribution in [-0.4, -0.2) is 78.9 Å². The Labute approximate surface area is 226 Å². The number of likely N-dealkylation sites (N-methyl/N-ethyl adjacent to an activating group) is 1. The largest absolute Gasteiger partial charge is 0.519 e. The molecule has 1 aromatic heterocycles. The summed E-state index contributed by atoms with van der Waals surface area (Å²) >= 11 is 0. The number of fused-ring (bicyclic) bond motifs is 2. The number of nitrogens with zero attached hydrogens (tertiary/aromatic N) is 2. The van der Waals surface area contributed by atoms with Crippen LogP contribution in [0.5, 0.6) is 5.75 Å². The van der Waals surface area contributed by atoms with Gasteiger partial charge in [0.1, 0.15) is 23.6 Å². The van der Waals surface area contributed by atoms with Crippen molar-refractivity contribution in [2.24, 2.45) is 5.73 Å². The van der Waals surface area contributed by atoms with Crippen LogP contribution in [0.1, 0.15) is 42.8 Å². The van der Waals surface area contributed by atoms with Crippen molar-refractivity contribution in [2.45, 2.75) is 63.7 Å². The minimum absolute atomic E-state index is 0.0131. The zero-order valence-corrected chi connectivity index (χ0v) is 22.4. The molecule has 3 unspecified atom stereocenters.